The Kier molecular flexibility index (Phi) is 3.70. The second-order valence-corrected chi connectivity index (χ2v) is 5.23. The highest BCUT2D eigenvalue weighted by Crippen LogP contribution is 2.19. The molecule has 1 aromatic carbocycles. The van der Waals surface area contributed by atoms with Gasteiger partial charge < -0.3 is 10.2 Å². The van der Waals surface area contributed by atoms with Crippen LogP contribution in [0.5, 0.6) is 0 Å². The molecular formula is C15H17FN4O. The third kappa shape index (κ3) is 2.80. The van der Waals surface area contributed by atoms with Crippen molar-refractivity contribution < 1.29 is 9.18 Å². The number of hydrogen-bond donors (Lipinski definition) is 2. The van der Waals surface area contributed by atoms with Crippen LogP contribution in [0.25, 0.3) is 11.3 Å². The van der Waals surface area contributed by atoms with Crippen molar-refractivity contribution in [3.05, 3.63) is 41.8 Å². The van der Waals surface area contributed by atoms with Gasteiger partial charge in [-0.05, 0) is 37.3 Å². The van der Waals surface area contributed by atoms with Crippen molar-refractivity contribution in [1.82, 2.24) is 20.4 Å². The highest BCUT2D eigenvalue weighted by molar-refractivity contribution is 5.93. The van der Waals surface area contributed by atoms with Gasteiger partial charge in [0, 0.05) is 31.2 Å². The third-order valence-corrected chi connectivity index (χ3v) is 3.71. The van der Waals surface area contributed by atoms with Crippen molar-refractivity contribution in [3.8, 4) is 11.3 Å². The van der Waals surface area contributed by atoms with Crippen molar-refractivity contribution in [1.29, 1.82) is 0 Å². The molecule has 0 spiro atoms. The molecule has 21 heavy (non-hydrogen) atoms. The molecule has 1 saturated heterocycles. The van der Waals surface area contributed by atoms with Gasteiger partial charge in [0.05, 0.1) is 5.69 Å². The molecule has 1 unspecified atom stereocenters. The van der Waals surface area contributed by atoms with E-state index in [-0.39, 0.29) is 17.8 Å². The Morgan fingerprint density at radius 3 is 2.86 bits per heavy atom. The summed E-state index contributed by atoms with van der Waals surface area (Å²) in [7, 11) is 0. The van der Waals surface area contributed by atoms with Gasteiger partial charge in [0.25, 0.3) is 5.91 Å². The molecule has 110 valence electrons. The van der Waals surface area contributed by atoms with Crippen LogP contribution in [0, 0.1) is 5.82 Å². The van der Waals surface area contributed by atoms with Gasteiger partial charge in [0.15, 0.2) is 0 Å². The number of halogens is 1. The number of aromatic amines is 1. The maximum atomic E-state index is 12.9. The summed E-state index contributed by atoms with van der Waals surface area (Å²) in [5.74, 6) is -0.343. The highest BCUT2D eigenvalue weighted by Gasteiger charge is 2.25. The van der Waals surface area contributed by atoms with Crippen LogP contribution in [0.3, 0.4) is 0 Å². The number of carbonyl (C=O) groups excluding carboxylic acids is 1. The highest BCUT2D eigenvalue weighted by atomic mass is 19.1. The number of hydrogen-bond acceptors (Lipinski definition) is 3. The van der Waals surface area contributed by atoms with E-state index in [9.17, 15) is 9.18 Å². The summed E-state index contributed by atoms with van der Waals surface area (Å²) < 4.78 is 12.9. The monoisotopic (exact) mass is 288 g/mol. The maximum Gasteiger partial charge on any atom is 0.272 e. The predicted molar refractivity (Wildman–Crippen MR) is 77.3 cm³/mol. The second kappa shape index (κ2) is 5.65. The molecule has 1 atom stereocenters. The molecule has 0 bridgehead atoms. The van der Waals surface area contributed by atoms with Crippen LogP contribution in [0.1, 0.15) is 17.4 Å². The first-order chi connectivity index (χ1) is 10.1. The summed E-state index contributed by atoms with van der Waals surface area (Å²) in [6.07, 6.45) is 0. The molecule has 1 aromatic heterocycles. The zero-order chi connectivity index (χ0) is 14.8. The van der Waals surface area contributed by atoms with Crippen LogP contribution >= 0.6 is 0 Å². The molecule has 5 nitrogen and oxygen atoms in total. The molecule has 2 aromatic rings. The summed E-state index contributed by atoms with van der Waals surface area (Å²) in [6.45, 7) is 4.30. The molecule has 1 fully saturated rings. The quantitative estimate of drug-likeness (QED) is 0.883. The molecule has 0 saturated carbocycles. The SMILES string of the molecule is CC1CNCCN1C(=O)c1cc(-c2ccc(F)cc2)n[nH]1. The zero-order valence-electron chi connectivity index (χ0n) is 11.8. The lowest BCUT2D eigenvalue weighted by molar-refractivity contribution is 0.0649. The van der Waals surface area contributed by atoms with E-state index < -0.39 is 0 Å². The van der Waals surface area contributed by atoms with E-state index in [1.807, 2.05) is 11.8 Å². The van der Waals surface area contributed by atoms with E-state index in [1.54, 1.807) is 18.2 Å². The van der Waals surface area contributed by atoms with Crippen LogP contribution < -0.4 is 5.32 Å². The number of piperazine rings is 1. The fraction of sp³-hybridized carbons (Fsp3) is 0.333. The van der Waals surface area contributed by atoms with Crippen LogP contribution in [0.2, 0.25) is 0 Å². The number of nitrogens with zero attached hydrogens (tertiary/aromatic N) is 2. The average Bonchev–Trinajstić information content (AvgIpc) is 2.98. The lowest BCUT2D eigenvalue weighted by atomic mass is 10.1. The van der Waals surface area contributed by atoms with Crippen molar-refractivity contribution in [3.63, 3.8) is 0 Å². The molecule has 6 heteroatoms. The Labute approximate surface area is 122 Å². The van der Waals surface area contributed by atoms with Gasteiger partial charge in [0.2, 0.25) is 0 Å². The Morgan fingerprint density at radius 1 is 1.38 bits per heavy atom. The Balaban J connectivity index is 1.81. The lowest BCUT2D eigenvalue weighted by Crippen LogP contribution is -2.52. The van der Waals surface area contributed by atoms with E-state index in [0.717, 1.165) is 18.7 Å². The summed E-state index contributed by atoms with van der Waals surface area (Å²) in [5.41, 5.74) is 1.88. The summed E-state index contributed by atoms with van der Waals surface area (Å²) in [4.78, 5) is 14.3. The zero-order valence-corrected chi connectivity index (χ0v) is 11.8. The standard InChI is InChI=1S/C15H17FN4O/c1-10-9-17-6-7-20(10)15(21)14-8-13(18-19-14)11-2-4-12(16)5-3-11/h2-5,8,10,17H,6-7,9H2,1H3,(H,18,19). The Hall–Kier alpha value is -2.21. The normalized spacial score (nSPS) is 18.8. The van der Waals surface area contributed by atoms with Gasteiger partial charge in [-0.25, -0.2) is 4.39 Å². The van der Waals surface area contributed by atoms with Crippen molar-refractivity contribution in [2.75, 3.05) is 19.6 Å². The van der Waals surface area contributed by atoms with Crippen LogP contribution in [0.4, 0.5) is 4.39 Å². The van der Waals surface area contributed by atoms with Gasteiger partial charge in [-0.15, -0.1) is 0 Å². The van der Waals surface area contributed by atoms with E-state index in [0.29, 0.717) is 17.9 Å². The summed E-state index contributed by atoms with van der Waals surface area (Å²) in [5, 5.41) is 10.2. The number of amides is 1. The van der Waals surface area contributed by atoms with E-state index >= 15 is 0 Å². The van der Waals surface area contributed by atoms with Gasteiger partial charge in [-0.2, -0.15) is 5.10 Å². The molecular weight excluding hydrogens is 271 g/mol. The predicted octanol–water partition coefficient (Wildman–Crippen LogP) is 1.65. The van der Waals surface area contributed by atoms with Crippen LogP contribution in [0.15, 0.2) is 30.3 Å². The molecule has 0 aliphatic carbocycles. The fourth-order valence-corrected chi connectivity index (χ4v) is 2.50. The molecule has 1 amide bonds. The molecule has 3 rings (SSSR count). The van der Waals surface area contributed by atoms with Crippen LogP contribution in [-0.2, 0) is 0 Å². The first-order valence-corrected chi connectivity index (χ1v) is 6.98. The first kappa shape index (κ1) is 13.8. The number of benzene rings is 1. The largest absolute Gasteiger partial charge is 0.332 e. The van der Waals surface area contributed by atoms with Crippen LogP contribution in [-0.4, -0.2) is 46.7 Å². The van der Waals surface area contributed by atoms with E-state index in [1.165, 1.54) is 12.1 Å². The minimum Gasteiger partial charge on any atom is -0.332 e. The number of rotatable bonds is 2. The minimum absolute atomic E-state index is 0.0511. The number of aromatic nitrogens is 2. The first-order valence-electron chi connectivity index (χ1n) is 6.98. The lowest BCUT2D eigenvalue weighted by Gasteiger charge is -2.33. The molecule has 1 aliphatic rings. The molecule has 1 aliphatic heterocycles. The smallest absolute Gasteiger partial charge is 0.272 e. The van der Waals surface area contributed by atoms with Gasteiger partial charge in [0.1, 0.15) is 11.5 Å². The van der Waals surface area contributed by atoms with Crippen molar-refractivity contribution in [2.24, 2.45) is 0 Å². The third-order valence-electron chi connectivity index (χ3n) is 3.71. The Morgan fingerprint density at radius 2 is 2.14 bits per heavy atom. The second-order valence-electron chi connectivity index (χ2n) is 5.23. The molecule has 2 N–H and O–H groups in total. The summed E-state index contributed by atoms with van der Waals surface area (Å²) in [6, 6.07) is 7.92. The van der Waals surface area contributed by atoms with Crippen molar-refractivity contribution in [2.45, 2.75) is 13.0 Å². The minimum atomic E-state index is -0.291. The number of nitrogens with one attached hydrogen (secondary N) is 2. The average molecular weight is 288 g/mol. The van der Waals surface area contributed by atoms with E-state index in [2.05, 4.69) is 15.5 Å². The number of H-pyrrole nitrogens is 1. The molecule has 0 radical (unpaired) electrons. The molecule has 2 heterocycles. The van der Waals surface area contributed by atoms with Gasteiger partial charge in [-0.1, -0.05) is 0 Å². The summed E-state index contributed by atoms with van der Waals surface area (Å²) >= 11 is 0. The van der Waals surface area contributed by atoms with Crippen molar-refractivity contribution >= 4 is 5.91 Å². The van der Waals surface area contributed by atoms with Gasteiger partial charge >= 0.3 is 0 Å². The fourth-order valence-electron chi connectivity index (χ4n) is 2.50. The topological polar surface area (TPSA) is 61.0 Å². The maximum absolute atomic E-state index is 12.9. The van der Waals surface area contributed by atoms with Gasteiger partial charge in [-0.3, -0.25) is 9.89 Å². The number of carbonyl (C=O) groups is 1. The Bertz CT molecular complexity index is 637. The van der Waals surface area contributed by atoms with E-state index in [4.69, 9.17) is 0 Å².